The number of halogens is 3. The molecule has 1 aromatic heterocycles. The van der Waals surface area contributed by atoms with Crippen molar-refractivity contribution in [2.45, 2.75) is 5.92 Å². The zero-order valence-corrected chi connectivity index (χ0v) is 7.55. The Bertz CT molecular complexity index is 359. The summed E-state index contributed by atoms with van der Waals surface area (Å²) in [5.41, 5.74) is 0.609. The van der Waals surface area contributed by atoms with Gasteiger partial charge in [-0.05, 0) is 12.1 Å². The Morgan fingerprint density at radius 1 is 1.57 bits per heavy atom. The third-order valence-electron chi connectivity index (χ3n) is 1.45. The van der Waals surface area contributed by atoms with Crippen molar-refractivity contribution in [3.05, 3.63) is 29.0 Å². The van der Waals surface area contributed by atoms with Gasteiger partial charge in [0.25, 0.3) is 0 Å². The summed E-state index contributed by atoms with van der Waals surface area (Å²) in [6.45, 7) is 0. The van der Waals surface area contributed by atoms with Crippen LogP contribution in [0.1, 0.15) is 5.69 Å². The summed E-state index contributed by atoms with van der Waals surface area (Å²) in [5.74, 6) is -0.817. The highest BCUT2D eigenvalue weighted by Gasteiger charge is 2.42. The summed E-state index contributed by atoms with van der Waals surface area (Å²) in [5, 5.41) is -0.119. The van der Waals surface area contributed by atoms with E-state index in [-0.39, 0.29) is 5.15 Å². The first-order chi connectivity index (χ1) is 6.48. The van der Waals surface area contributed by atoms with Crippen LogP contribution in [0.5, 0.6) is 0 Å². The molecule has 0 atom stereocenters. The SMILES string of the molecule is NNC(=O)C(F)(F)c1cccc(Cl)n1. The summed E-state index contributed by atoms with van der Waals surface area (Å²) in [6, 6.07) is 3.57. The number of nitrogens with one attached hydrogen (secondary N) is 1. The molecule has 0 bridgehead atoms. The summed E-state index contributed by atoms with van der Waals surface area (Å²) >= 11 is 5.39. The van der Waals surface area contributed by atoms with Gasteiger partial charge in [-0.1, -0.05) is 17.7 Å². The van der Waals surface area contributed by atoms with Crippen LogP contribution >= 0.6 is 11.6 Å². The quantitative estimate of drug-likeness (QED) is 0.336. The number of nitrogens with zero attached hydrogens (tertiary/aromatic N) is 1. The van der Waals surface area contributed by atoms with Crippen LogP contribution in [0.25, 0.3) is 0 Å². The van der Waals surface area contributed by atoms with Crippen molar-refractivity contribution in [3.8, 4) is 0 Å². The molecule has 14 heavy (non-hydrogen) atoms. The van der Waals surface area contributed by atoms with Crippen LogP contribution in [0.4, 0.5) is 8.78 Å². The molecule has 1 heterocycles. The van der Waals surface area contributed by atoms with E-state index >= 15 is 0 Å². The molecule has 0 aromatic carbocycles. The van der Waals surface area contributed by atoms with Crippen LogP contribution in [0.3, 0.4) is 0 Å². The molecular weight excluding hydrogens is 216 g/mol. The van der Waals surface area contributed by atoms with Gasteiger partial charge in [0.2, 0.25) is 0 Å². The molecule has 0 aliphatic rings. The summed E-state index contributed by atoms with van der Waals surface area (Å²) < 4.78 is 26.2. The molecule has 4 nitrogen and oxygen atoms in total. The number of nitrogens with two attached hydrogens (primary N) is 1. The maximum absolute atomic E-state index is 13.1. The van der Waals surface area contributed by atoms with Crippen LogP contribution in [0.2, 0.25) is 5.15 Å². The minimum Gasteiger partial charge on any atom is -0.289 e. The fourth-order valence-corrected chi connectivity index (χ4v) is 0.954. The fourth-order valence-electron chi connectivity index (χ4n) is 0.790. The van der Waals surface area contributed by atoms with E-state index < -0.39 is 17.5 Å². The van der Waals surface area contributed by atoms with E-state index in [0.29, 0.717) is 0 Å². The molecule has 76 valence electrons. The molecule has 0 radical (unpaired) electrons. The van der Waals surface area contributed by atoms with E-state index in [0.717, 1.165) is 6.07 Å². The number of amides is 1. The second-order valence-corrected chi connectivity index (χ2v) is 2.78. The number of hydrogen-bond donors (Lipinski definition) is 2. The zero-order valence-electron chi connectivity index (χ0n) is 6.80. The van der Waals surface area contributed by atoms with E-state index in [1.54, 1.807) is 0 Å². The number of carbonyl (C=O) groups excluding carboxylic acids is 1. The highest BCUT2D eigenvalue weighted by atomic mass is 35.5. The number of carbonyl (C=O) groups is 1. The molecule has 0 saturated heterocycles. The average Bonchev–Trinajstić information content (AvgIpc) is 2.16. The Kier molecular flexibility index (Phi) is 2.97. The molecule has 0 fully saturated rings. The van der Waals surface area contributed by atoms with Crippen molar-refractivity contribution in [1.82, 2.24) is 10.4 Å². The Hall–Kier alpha value is -1.27. The second-order valence-electron chi connectivity index (χ2n) is 2.39. The number of pyridine rings is 1. The van der Waals surface area contributed by atoms with E-state index in [2.05, 4.69) is 10.8 Å². The van der Waals surface area contributed by atoms with Crippen molar-refractivity contribution in [1.29, 1.82) is 0 Å². The average molecular weight is 222 g/mol. The van der Waals surface area contributed by atoms with E-state index in [9.17, 15) is 13.6 Å². The van der Waals surface area contributed by atoms with Gasteiger partial charge in [-0.15, -0.1) is 0 Å². The number of hydrogen-bond acceptors (Lipinski definition) is 3. The lowest BCUT2D eigenvalue weighted by atomic mass is 10.2. The monoisotopic (exact) mass is 221 g/mol. The topological polar surface area (TPSA) is 68.0 Å². The maximum atomic E-state index is 13.1. The van der Waals surface area contributed by atoms with Gasteiger partial charge < -0.3 is 0 Å². The molecule has 1 rings (SSSR count). The Morgan fingerprint density at radius 2 is 2.21 bits per heavy atom. The van der Waals surface area contributed by atoms with Gasteiger partial charge in [0.1, 0.15) is 10.8 Å². The van der Waals surface area contributed by atoms with Crippen molar-refractivity contribution >= 4 is 17.5 Å². The highest BCUT2D eigenvalue weighted by Crippen LogP contribution is 2.26. The van der Waals surface area contributed by atoms with Crippen LogP contribution in [-0.4, -0.2) is 10.9 Å². The molecule has 1 aromatic rings. The second kappa shape index (κ2) is 3.85. The zero-order chi connectivity index (χ0) is 10.8. The van der Waals surface area contributed by atoms with E-state index in [4.69, 9.17) is 11.6 Å². The Morgan fingerprint density at radius 3 is 2.71 bits per heavy atom. The lowest BCUT2D eigenvalue weighted by molar-refractivity contribution is -0.147. The Balaban J connectivity index is 3.09. The smallest absolute Gasteiger partial charge is 0.289 e. The molecule has 1 amide bonds. The lowest BCUT2D eigenvalue weighted by Crippen LogP contribution is -2.42. The summed E-state index contributed by atoms with van der Waals surface area (Å²) in [4.78, 5) is 14.0. The molecule has 3 N–H and O–H groups in total. The van der Waals surface area contributed by atoms with Crippen LogP contribution in [0.15, 0.2) is 18.2 Å². The summed E-state index contributed by atoms with van der Waals surface area (Å²) in [7, 11) is 0. The predicted molar refractivity (Wildman–Crippen MR) is 45.5 cm³/mol. The minimum absolute atomic E-state index is 0.119. The van der Waals surface area contributed by atoms with Gasteiger partial charge >= 0.3 is 11.8 Å². The standard InChI is InChI=1S/C7H6ClF2N3O/c8-5-3-1-2-4(12-5)7(9,10)6(14)13-11/h1-3H,11H2,(H,13,14). The van der Waals surface area contributed by atoms with Crippen LogP contribution < -0.4 is 11.3 Å². The van der Waals surface area contributed by atoms with E-state index in [1.807, 2.05) is 0 Å². The molecule has 0 saturated carbocycles. The highest BCUT2D eigenvalue weighted by molar-refractivity contribution is 6.29. The van der Waals surface area contributed by atoms with Crippen LogP contribution in [0, 0.1) is 0 Å². The van der Waals surface area contributed by atoms with Crippen LogP contribution in [-0.2, 0) is 10.7 Å². The molecule has 0 aliphatic heterocycles. The van der Waals surface area contributed by atoms with Crippen molar-refractivity contribution in [3.63, 3.8) is 0 Å². The molecular formula is C7H6ClF2N3O. The van der Waals surface area contributed by atoms with Gasteiger partial charge in [-0.25, -0.2) is 10.8 Å². The van der Waals surface area contributed by atoms with E-state index in [1.165, 1.54) is 17.6 Å². The molecule has 7 heteroatoms. The third kappa shape index (κ3) is 1.97. The number of aromatic nitrogens is 1. The van der Waals surface area contributed by atoms with Gasteiger partial charge in [0.05, 0.1) is 0 Å². The van der Waals surface area contributed by atoms with Crippen molar-refractivity contribution < 1.29 is 13.6 Å². The first kappa shape index (κ1) is 10.8. The molecule has 0 aliphatic carbocycles. The molecule has 0 unspecified atom stereocenters. The van der Waals surface area contributed by atoms with Gasteiger partial charge in [-0.2, -0.15) is 8.78 Å². The minimum atomic E-state index is -3.78. The first-order valence-corrected chi connectivity index (χ1v) is 3.88. The van der Waals surface area contributed by atoms with Crippen molar-refractivity contribution in [2.75, 3.05) is 0 Å². The normalized spacial score (nSPS) is 11.1. The lowest BCUT2D eigenvalue weighted by Gasteiger charge is -2.13. The van der Waals surface area contributed by atoms with Gasteiger partial charge in [0.15, 0.2) is 0 Å². The fraction of sp³-hybridized carbons (Fsp3) is 0.143. The largest absolute Gasteiger partial charge is 0.367 e. The van der Waals surface area contributed by atoms with Crippen molar-refractivity contribution in [2.24, 2.45) is 5.84 Å². The summed E-state index contributed by atoms with van der Waals surface area (Å²) in [6.07, 6.45) is 0. The molecule has 0 spiro atoms. The number of hydrazine groups is 1. The number of rotatable bonds is 2. The maximum Gasteiger partial charge on any atom is 0.367 e. The third-order valence-corrected chi connectivity index (χ3v) is 1.66. The number of alkyl halides is 2. The predicted octanol–water partition coefficient (Wildman–Crippen LogP) is 0.817. The van der Waals surface area contributed by atoms with Gasteiger partial charge in [0, 0.05) is 0 Å². The Labute approximate surface area is 83.0 Å². The van der Waals surface area contributed by atoms with Gasteiger partial charge in [-0.3, -0.25) is 10.2 Å². The first-order valence-electron chi connectivity index (χ1n) is 3.50.